The molecule has 0 aliphatic heterocycles. The van der Waals surface area contributed by atoms with Crippen molar-refractivity contribution >= 4 is 11.9 Å². The lowest BCUT2D eigenvalue weighted by atomic mass is 10.1. The van der Waals surface area contributed by atoms with E-state index in [1.165, 1.54) is 5.56 Å². The quantitative estimate of drug-likeness (QED) is 0.133. The highest BCUT2D eigenvalue weighted by atomic mass is 16.5. The molecule has 6 N–H and O–H groups in total. The number of rotatable bonds is 13. The lowest BCUT2D eigenvalue weighted by molar-refractivity contribution is -0.138. The molecule has 260 valence electrons. The number of benzene rings is 2. The molecule has 2 saturated carbocycles. The first-order valence-electron chi connectivity index (χ1n) is 16.6. The Bertz CT molecular complexity index is 1570. The topological polar surface area (TPSA) is 177 Å². The van der Waals surface area contributed by atoms with Gasteiger partial charge >= 0.3 is 5.97 Å². The fourth-order valence-corrected chi connectivity index (χ4v) is 5.39. The number of hydrogen-bond donors (Lipinski definition) is 5. The van der Waals surface area contributed by atoms with E-state index >= 15 is 0 Å². The van der Waals surface area contributed by atoms with E-state index in [0.717, 1.165) is 24.2 Å². The summed E-state index contributed by atoms with van der Waals surface area (Å²) in [5.74, 6) is 1.09. The van der Waals surface area contributed by atoms with E-state index in [4.69, 9.17) is 25.4 Å². The monoisotopic (exact) mass is 670 g/mol. The zero-order valence-electron chi connectivity index (χ0n) is 27.9. The van der Waals surface area contributed by atoms with Crippen molar-refractivity contribution in [1.82, 2.24) is 15.3 Å². The van der Waals surface area contributed by atoms with E-state index in [-0.39, 0.29) is 42.8 Å². The first-order valence-corrected chi connectivity index (χ1v) is 16.6. The van der Waals surface area contributed by atoms with Crippen LogP contribution in [-0.2, 0) is 9.59 Å². The molecule has 6 rings (SSSR count). The molecule has 2 heterocycles. The van der Waals surface area contributed by atoms with Crippen molar-refractivity contribution in [1.29, 1.82) is 0 Å². The Balaban J connectivity index is 0.000000182. The van der Waals surface area contributed by atoms with Crippen LogP contribution in [0.15, 0.2) is 97.3 Å². The molecule has 2 aromatic heterocycles. The molecule has 2 aliphatic carbocycles. The number of carboxylic acids is 1. The number of ether oxygens (including phenoxy) is 2. The summed E-state index contributed by atoms with van der Waals surface area (Å²) in [4.78, 5) is 31.3. The van der Waals surface area contributed by atoms with Crippen LogP contribution in [-0.4, -0.2) is 63.6 Å². The summed E-state index contributed by atoms with van der Waals surface area (Å²) in [6.07, 6.45) is 4.87. The van der Waals surface area contributed by atoms with Crippen molar-refractivity contribution < 1.29 is 34.4 Å². The Hall–Kier alpha value is -4.84. The number of amides is 1. The Morgan fingerprint density at radius 2 is 1.24 bits per heavy atom. The van der Waals surface area contributed by atoms with Gasteiger partial charge in [0.25, 0.3) is 0 Å². The Morgan fingerprint density at radius 1 is 0.755 bits per heavy atom. The molecule has 1 amide bonds. The molecule has 4 aromatic rings. The summed E-state index contributed by atoms with van der Waals surface area (Å²) in [5.41, 5.74) is 9.22. The predicted molar refractivity (Wildman–Crippen MR) is 185 cm³/mol. The maximum absolute atomic E-state index is 12.4. The molecule has 0 bridgehead atoms. The molecule has 11 nitrogen and oxygen atoms in total. The molecular weight excluding hydrogens is 624 g/mol. The van der Waals surface area contributed by atoms with Crippen molar-refractivity contribution in [2.24, 2.45) is 17.6 Å². The van der Waals surface area contributed by atoms with E-state index in [0.29, 0.717) is 30.4 Å². The number of carboxylic acid groups (broad SMARTS) is 1. The number of aliphatic hydroxyl groups excluding tert-OH is 2. The number of nitrogens with zero attached hydrogens (tertiary/aromatic N) is 2. The lowest BCUT2D eigenvalue weighted by Gasteiger charge is -2.16. The second-order valence-corrected chi connectivity index (χ2v) is 11.8. The van der Waals surface area contributed by atoms with Crippen molar-refractivity contribution in [2.75, 3.05) is 26.4 Å². The maximum Gasteiger partial charge on any atom is 0.307 e. The number of pyridine rings is 2. The van der Waals surface area contributed by atoms with E-state index in [9.17, 15) is 14.7 Å². The van der Waals surface area contributed by atoms with Crippen molar-refractivity contribution in [2.45, 2.75) is 50.6 Å². The van der Waals surface area contributed by atoms with Gasteiger partial charge in [-0.25, -0.2) is 0 Å². The predicted octanol–water partition coefficient (Wildman–Crippen LogP) is 4.78. The van der Waals surface area contributed by atoms with Crippen molar-refractivity contribution in [3.8, 4) is 11.5 Å². The summed E-state index contributed by atoms with van der Waals surface area (Å²) >= 11 is 0. The Labute approximate surface area is 287 Å². The van der Waals surface area contributed by atoms with Gasteiger partial charge in [-0.05, 0) is 73.9 Å². The summed E-state index contributed by atoms with van der Waals surface area (Å²) in [7, 11) is 0. The number of aliphatic carboxylic acids is 1. The molecule has 2 fully saturated rings. The molecule has 6 atom stereocenters. The zero-order chi connectivity index (χ0) is 35.2. The van der Waals surface area contributed by atoms with Gasteiger partial charge in [-0.15, -0.1) is 0 Å². The summed E-state index contributed by atoms with van der Waals surface area (Å²) in [6, 6.07) is 26.1. The van der Waals surface area contributed by atoms with Gasteiger partial charge in [0.15, 0.2) is 0 Å². The minimum atomic E-state index is -0.663. The van der Waals surface area contributed by atoms with Gasteiger partial charge in [0.2, 0.25) is 5.91 Å². The summed E-state index contributed by atoms with van der Waals surface area (Å²) in [5, 5.41) is 30.0. The van der Waals surface area contributed by atoms with Crippen molar-refractivity contribution in [3.05, 3.63) is 120 Å². The lowest BCUT2D eigenvalue weighted by Crippen LogP contribution is -2.32. The number of carbonyl (C=O) groups is 2. The highest BCUT2D eigenvalue weighted by Crippen LogP contribution is 2.48. The second kappa shape index (κ2) is 18.6. The van der Waals surface area contributed by atoms with Gasteiger partial charge in [-0.3, -0.25) is 19.6 Å². The van der Waals surface area contributed by atoms with Crippen LogP contribution in [0.5, 0.6) is 11.5 Å². The fourth-order valence-electron chi connectivity index (χ4n) is 5.39. The van der Waals surface area contributed by atoms with Gasteiger partial charge < -0.3 is 35.8 Å². The molecular formula is C38H46N4O7. The third kappa shape index (κ3) is 11.1. The van der Waals surface area contributed by atoms with E-state index in [1.807, 2.05) is 62.4 Å². The van der Waals surface area contributed by atoms with Crippen LogP contribution >= 0.6 is 0 Å². The molecule has 0 spiro atoms. The third-order valence-corrected chi connectivity index (χ3v) is 8.26. The van der Waals surface area contributed by atoms with Gasteiger partial charge in [0.05, 0.1) is 68.2 Å². The normalized spacial score (nSPS) is 19.8. The van der Waals surface area contributed by atoms with E-state index in [1.54, 1.807) is 36.7 Å². The van der Waals surface area contributed by atoms with Crippen LogP contribution < -0.4 is 20.5 Å². The highest BCUT2D eigenvalue weighted by Gasteiger charge is 2.45. The van der Waals surface area contributed by atoms with Gasteiger partial charge in [-0.1, -0.05) is 60.7 Å². The Kier molecular flexibility index (Phi) is 14.1. The average molecular weight is 671 g/mol. The minimum absolute atomic E-state index is 0.0239. The van der Waals surface area contributed by atoms with E-state index in [2.05, 4.69) is 27.4 Å². The Morgan fingerprint density at radius 3 is 1.65 bits per heavy atom. The molecule has 0 unspecified atom stereocenters. The first-order chi connectivity index (χ1) is 23.8. The van der Waals surface area contributed by atoms with E-state index < -0.39 is 18.1 Å². The number of hydrogen-bond acceptors (Lipinski definition) is 9. The molecule has 2 aliphatic rings. The molecule has 2 aromatic carbocycles. The maximum atomic E-state index is 12.4. The molecule has 0 saturated heterocycles. The summed E-state index contributed by atoms with van der Waals surface area (Å²) in [6.45, 7) is 4.73. The largest absolute Gasteiger partial charge is 0.492 e. The van der Waals surface area contributed by atoms with Crippen molar-refractivity contribution in [3.63, 3.8) is 0 Å². The summed E-state index contributed by atoms with van der Waals surface area (Å²) < 4.78 is 10.6. The van der Waals surface area contributed by atoms with Crippen LogP contribution in [0.3, 0.4) is 0 Å². The fraction of sp³-hybridized carbons (Fsp3) is 0.368. The van der Waals surface area contributed by atoms with Crippen LogP contribution in [0.4, 0.5) is 0 Å². The standard InChI is InChI=1S/C19H22N2O3.C10H10O2.C9H14N2O2/c1-2-24-14-8-9-17(20-11-14)18(12-22)21-19(23)16-10-15(16)13-6-4-3-5-7-13;11-10(12)9-6-8(9)7-4-2-1-3-5-7;1-2-13-7-3-4-9(11-5-7)8(10)6-12/h3-9,11,15-16,18,22H,2,10,12H2,1H3,(H,21,23);1-5,8-9H,6H2,(H,11,12);3-5,8,12H,2,6,10H2,1H3/t15-,16+,18+;8-,9+;8-/m110/s1. The SMILES string of the molecule is CCOc1ccc([C@@H](N)CO)nc1.CCOc1ccc([C@H](CO)NC(=O)[C@H]2C[C@@H]2c2ccccc2)nc1.O=C(O)[C@H]1C[C@@H]1c1ccccc1. The van der Waals surface area contributed by atoms with Gasteiger partial charge in [0.1, 0.15) is 11.5 Å². The first kappa shape index (κ1) is 37.0. The van der Waals surface area contributed by atoms with Crippen LogP contribution in [0.1, 0.15) is 73.1 Å². The van der Waals surface area contributed by atoms with Crippen LogP contribution in [0.2, 0.25) is 0 Å². The average Bonchev–Trinajstić information content (AvgIpc) is 4.07. The number of carbonyl (C=O) groups excluding carboxylic acids is 1. The minimum Gasteiger partial charge on any atom is -0.492 e. The third-order valence-electron chi connectivity index (χ3n) is 8.26. The number of aliphatic hydroxyl groups is 2. The molecule has 49 heavy (non-hydrogen) atoms. The van der Waals surface area contributed by atoms with Crippen LogP contribution in [0.25, 0.3) is 0 Å². The zero-order valence-corrected chi connectivity index (χ0v) is 27.9. The number of nitrogens with two attached hydrogens (primary N) is 1. The molecule has 11 heteroatoms. The number of nitrogens with one attached hydrogen (secondary N) is 1. The highest BCUT2D eigenvalue weighted by molar-refractivity contribution is 5.83. The second-order valence-electron chi connectivity index (χ2n) is 11.8. The smallest absolute Gasteiger partial charge is 0.307 e. The molecule has 0 radical (unpaired) electrons. The van der Waals surface area contributed by atoms with Crippen LogP contribution in [0, 0.1) is 11.8 Å². The van der Waals surface area contributed by atoms with Gasteiger partial charge in [-0.2, -0.15) is 0 Å². The van der Waals surface area contributed by atoms with Gasteiger partial charge in [0, 0.05) is 5.92 Å². The number of aromatic nitrogens is 2.